The van der Waals surface area contributed by atoms with Crippen LogP contribution >= 0.6 is 11.8 Å². The number of nitrogens with zero attached hydrogens (tertiary/aromatic N) is 4. The average molecular weight is 463 g/mol. The van der Waals surface area contributed by atoms with E-state index in [1.54, 1.807) is 31.8 Å². The number of hydrogen-bond acceptors (Lipinski definition) is 7. The van der Waals surface area contributed by atoms with Gasteiger partial charge in [0.1, 0.15) is 0 Å². The summed E-state index contributed by atoms with van der Waals surface area (Å²) in [5, 5.41) is 19.9. The molecule has 0 saturated heterocycles. The zero-order valence-electron chi connectivity index (χ0n) is 19.3. The van der Waals surface area contributed by atoms with Crippen molar-refractivity contribution >= 4 is 23.4 Å². The quantitative estimate of drug-likeness (QED) is 0.488. The zero-order chi connectivity index (χ0) is 23.2. The molecule has 1 fully saturated rings. The van der Waals surface area contributed by atoms with Gasteiger partial charge >= 0.3 is 0 Å². The normalized spacial score (nSPS) is 17.3. The van der Waals surface area contributed by atoms with E-state index in [9.17, 15) is 10.2 Å². The number of hydrogen-bond donors (Lipinski definition) is 2. The molecule has 1 saturated carbocycles. The van der Waals surface area contributed by atoms with Gasteiger partial charge in [-0.05, 0) is 68.5 Å². The Morgan fingerprint density at radius 3 is 2.55 bits per heavy atom. The van der Waals surface area contributed by atoms with Gasteiger partial charge in [0, 0.05) is 58.6 Å². The number of aliphatic hydroxyl groups is 2. The van der Waals surface area contributed by atoms with Crippen molar-refractivity contribution in [3.63, 3.8) is 0 Å². The summed E-state index contributed by atoms with van der Waals surface area (Å²) in [6.07, 6.45) is 8.53. The lowest BCUT2D eigenvalue weighted by atomic mass is 9.98. The van der Waals surface area contributed by atoms with Gasteiger partial charge < -0.3 is 15.1 Å². The third-order valence-electron chi connectivity index (χ3n) is 6.66. The first-order valence-corrected chi connectivity index (χ1v) is 12.4. The van der Waals surface area contributed by atoms with E-state index in [-0.39, 0.29) is 12.0 Å². The van der Waals surface area contributed by atoms with Gasteiger partial charge in [0.05, 0.1) is 11.3 Å². The number of aromatic nitrogens is 3. The zero-order valence-corrected chi connectivity index (χ0v) is 20.1. The van der Waals surface area contributed by atoms with E-state index in [1.807, 2.05) is 24.5 Å². The molecule has 1 unspecified atom stereocenters. The lowest BCUT2D eigenvalue weighted by Gasteiger charge is -2.19. The monoisotopic (exact) mass is 462 g/mol. The number of aliphatic hydroxyl groups excluding tert-OH is 1. The summed E-state index contributed by atoms with van der Waals surface area (Å²) in [7, 11) is 0. The van der Waals surface area contributed by atoms with Gasteiger partial charge in [-0.15, -0.1) is 11.8 Å². The molecule has 2 aromatic heterocycles. The number of anilines is 2. The van der Waals surface area contributed by atoms with E-state index < -0.39 is 5.60 Å². The van der Waals surface area contributed by atoms with Crippen LogP contribution in [-0.4, -0.2) is 43.6 Å². The molecule has 172 valence electrons. The Morgan fingerprint density at radius 2 is 1.88 bits per heavy atom. The highest BCUT2D eigenvalue weighted by Gasteiger charge is 2.52. The maximum absolute atomic E-state index is 10.3. The summed E-state index contributed by atoms with van der Waals surface area (Å²) in [5.74, 6) is 0.702. The maximum atomic E-state index is 10.3. The number of thioether (sulfide) groups is 1. The molecule has 7 heteroatoms. The van der Waals surface area contributed by atoms with Gasteiger partial charge in [-0.3, -0.25) is 4.98 Å². The Hall–Kier alpha value is -2.48. The molecule has 33 heavy (non-hydrogen) atoms. The summed E-state index contributed by atoms with van der Waals surface area (Å²) in [5.41, 5.74) is 4.28. The van der Waals surface area contributed by atoms with Crippen LogP contribution in [0.2, 0.25) is 0 Å². The van der Waals surface area contributed by atoms with E-state index in [4.69, 9.17) is 9.97 Å². The predicted octanol–water partition coefficient (Wildman–Crippen LogP) is 4.81. The first kappa shape index (κ1) is 22.3. The topological polar surface area (TPSA) is 82.4 Å². The van der Waals surface area contributed by atoms with Gasteiger partial charge in [0.2, 0.25) is 5.95 Å². The second-order valence-electron chi connectivity index (χ2n) is 9.75. The SMILES string of the molecule is CC(CCO)Sc1ccc2c(c1)N(c1ncc(-c3cc(C(C)(C)O)ccn3)cn1)CC21CC1. The van der Waals surface area contributed by atoms with Crippen LogP contribution in [0.4, 0.5) is 11.6 Å². The summed E-state index contributed by atoms with van der Waals surface area (Å²) >= 11 is 1.80. The van der Waals surface area contributed by atoms with Crippen LogP contribution in [0, 0.1) is 0 Å². The van der Waals surface area contributed by atoms with E-state index in [1.165, 1.54) is 29.0 Å². The summed E-state index contributed by atoms with van der Waals surface area (Å²) < 4.78 is 0. The highest BCUT2D eigenvalue weighted by molar-refractivity contribution is 8.00. The molecule has 6 nitrogen and oxygen atoms in total. The molecular formula is C26H30N4O2S. The van der Waals surface area contributed by atoms with Gasteiger partial charge in [0.15, 0.2) is 0 Å². The maximum Gasteiger partial charge on any atom is 0.229 e. The summed E-state index contributed by atoms with van der Waals surface area (Å²) in [6, 6.07) is 10.5. The van der Waals surface area contributed by atoms with E-state index in [0.29, 0.717) is 11.2 Å². The van der Waals surface area contributed by atoms with Gasteiger partial charge in [-0.25, -0.2) is 9.97 Å². The van der Waals surface area contributed by atoms with Crippen molar-refractivity contribution in [1.29, 1.82) is 0 Å². The lowest BCUT2D eigenvalue weighted by molar-refractivity contribution is 0.0785. The van der Waals surface area contributed by atoms with Crippen LogP contribution in [0.1, 0.15) is 51.2 Å². The minimum atomic E-state index is -0.930. The van der Waals surface area contributed by atoms with Crippen molar-refractivity contribution in [3.8, 4) is 11.3 Å². The second-order valence-corrected chi connectivity index (χ2v) is 11.3. The Balaban J connectivity index is 1.43. The largest absolute Gasteiger partial charge is 0.396 e. The van der Waals surface area contributed by atoms with E-state index in [0.717, 1.165) is 29.8 Å². The number of fused-ring (bicyclic) bond motifs is 2. The van der Waals surface area contributed by atoms with Gasteiger partial charge in [-0.1, -0.05) is 13.0 Å². The number of rotatable bonds is 7. The highest BCUT2D eigenvalue weighted by atomic mass is 32.2. The smallest absolute Gasteiger partial charge is 0.229 e. The van der Waals surface area contributed by atoms with Crippen LogP contribution in [0.3, 0.4) is 0 Å². The first-order valence-electron chi connectivity index (χ1n) is 11.5. The molecule has 0 amide bonds. The summed E-state index contributed by atoms with van der Waals surface area (Å²) in [6.45, 7) is 6.80. The molecule has 1 atom stereocenters. The molecule has 0 bridgehead atoms. The fourth-order valence-electron chi connectivity index (χ4n) is 4.52. The predicted molar refractivity (Wildman–Crippen MR) is 132 cm³/mol. The Bertz CT molecular complexity index is 1160. The van der Waals surface area contributed by atoms with E-state index >= 15 is 0 Å². The standard InChI is InChI=1S/C26H30N4O2S/c1-17(7-11-31)33-20-4-5-21-23(13-20)30(16-26(21)8-9-26)24-28-14-18(15-29-24)22-12-19(6-10-27-22)25(2,3)32/h4-6,10,12-15,17,31-32H,7-9,11,16H2,1-3H3. The Kier molecular flexibility index (Phi) is 5.67. The third-order valence-corrected chi connectivity index (χ3v) is 7.82. The Labute approximate surface area is 199 Å². The molecule has 0 radical (unpaired) electrons. The van der Waals surface area contributed by atoms with Gasteiger partial charge in [0.25, 0.3) is 0 Å². The van der Waals surface area contributed by atoms with Crippen LogP contribution in [0.25, 0.3) is 11.3 Å². The highest BCUT2D eigenvalue weighted by Crippen LogP contribution is 2.58. The van der Waals surface area contributed by atoms with Crippen molar-refractivity contribution in [2.75, 3.05) is 18.1 Å². The molecule has 3 aromatic rings. The summed E-state index contributed by atoms with van der Waals surface area (Å²) in [4.78, 5) is 17.3. The molecule has 2 N–H and O–H groups in total. The molecule has 1 aliphatic carbocycles. The van der Waals surface area contributed by atoms with Gasteiger partial charge in [-0.2, -0.15) is 0 Å². The molecule has 1 aromatic carbocycles. The van der Waals surface area contributed by atoms with Crippen molar-refractivity contribution in [1.82, 2.24) is 15.0 Å². The average Bonchev–Trinajstić information content (AvgIpc) is 3.50. The van der Waals surface area contributed by atoms with Crippen LogP contribution < -0.4 is 4.90 Å². The van der Waals surface area contributed by atoms with Crippen molar-refractivity contribution in [3.05, 3.63) is 60.0 Å². The molecule has 1 spiro atoms. The van der Waals surface area contributed by atoms with Crippen LogP contribution in [0.15, 0.2) is 53.8 Å². The fourth-order valence-corrected chi connectivity index (χ4v) is 5.54. The molecule has 1 aliphatic heterocycles. The van der Waals surface area contributed by atoms with Crippen LogP contribution in [-0.2, 0) is 11.0 Å². The lowest BCUT2D eigenvalue weighted by Crippen LogP contribution is -2.21. The second kappa shape index (κ2) is 8.38. The molecule has 3 heterocycles. The van der Waals surface area contributed by atoms with Crippen molar-refractivity contribution < 1.29 is 10.2 Å². The number of benzene rings is 1. The number of pyridine rings is 1. The van der Waals surface area contributed by atoms with Crippen molar-refractivity contribution in [2.24, 2.45) is 0 Å². The first-order chi connectivity index (χ1) is 15.8. The minimum absolute atomic E-state index is 0.210. The third kappa shape index (κ3) is 4.37. The van der Waals surface area contributed by atoms with E-state index in [2.05, 4.69) is 35.0 Å². The van der Waals surface area contributed by atoms with Crippen molar-refractivity contribution in [2.45, 2.75) is 61.2 Å². The molecule has 2 aliphatic rings. The van der Waals surface area contributed by atoms with Crippen LogP contribution in [0.5, 0.6) is 0 Å². The molecule has 5 rings (SSSR count). The fraction of sp³-hybridized carbons (Fsp3) is 0.423. The molecular weight excluding hydrogens is 432 g/mol. The Morgan fingerprint density at radius 1 is 1.12 bits per heavy atom. The minimum Gasteiger partial charge on any atom is -0.396 e.